The van der Waals surface area contributed by atoms with E-state index in [0.29, 0.717) is 24.8 Å². The van der Waals surface area contributed by atoms with Gasteiger partial charge in [-0.05, 0) is 32.0 Å². The highest BCUT2D eigenvalue weighted by molar-refractivity contribution is 7.90. The van der Waals surface area contributed by atoms with Gasteiger partial charge >= 0.3 is 5.69 Å². The number of hydrogen-bond acceptors (Lipinski definition) is 7. The van der Waals surface area contributed by atoms with Gasteiger partial charge in [-0.2, -0.15) is 0 Å². The van der Waals surface area contributed by atoms with E-state index in [0.717, 1.165) is 51.7 Å². The quantitative estimate of drug-likeness (QED) is 0.564. The summed E-state index contributed by atoms with van der Waals surface area (Å²) in [6, 6.07) is 4.95. The van der Waals surface area contributed by atoms with Crippen molar-refractivity contribution in [2.45, 2.75) is 30.2 Å². The Hall–Kier alpha value is -1.71. The fraction of sp³-hybridized carbons (Fsp3) is 0.667. The summed E-state index contributed by atoms with van der Waals surface area (Å²) < 4.78 is 24.1. The minimum atomic E-state index is -3.67. The molecule has 1 atom stereocenters. The second-order valence-electron chi connectivity index (χ2n) is 7.59. The summed E-state index contributed by atoms with van der Waals surface area (Å²) in [6.07, 6.45) is 4.12. The number of hydrogen-bond donors (Lipinski definition) is 0. The molecule has 2 saturated heterocycles. The number of para-hydroxylation sites is 1. The molecule has 2 aliphatic rings. The standard InChI is InChI=1S/C18H28N4O4S/c1-19-10-12-20(13-11-19)15-6-3-4-9-21(14-15)16-7-5-8-17(27(2,25)26)18(16)22(23)24/h5,7-8,15H,3-4,6,9-14H2,1-2H3. The summed E-state index contributed by atoms with van der Waals surface area (Å²) in [5.41, 5.74) is 0.128. The highest BCUT2D eigenvalue weighted by Gasteiger charge is 2.32. The van der Waals surface area contributed by atoms with Gasteiger partial charge in [-0.25, -0.2) is 8.42 Å². The molecule has 0 amide bonds. The third kappa shape index (κ3) is 4.59. The largest absolute Gasteiger partial charge is 0.364 e. The summed E-state index contributed by atoms with van der Waals surface area (Å²) in [7, 11) is -1.55. The molecule has 2 aliphatic heterocycles. The van der Waals surface area contributed by atoms with E-state index >= 15 is 0 Å². The third-order valence-corrected chi connectivity index (χ3v) is 6.73. The highest BCUT2D eigenvalue weighted by atomic mass is 32.2. The molecule has 0 radical (unpaired) electrons. The molecule has 2 fully saturated rings. The zero-order valence-corrected chi connectivity index (χ0v) is 16.8. The highest BCUT2D eigenvalue weighted by Crippen LogP contribution is 2.36. The first-order valence-corrected chi connectivity index (χ1v) is 11.3. The lowest BCUT2D eigenvalue weighted by Crippen LogP contribution is -2.52. The summed E-state index contributed by atoms with van der Waals surface area (Å²) in [6.45, 7) is 5.46. The van der Waals surface area contributed by atoms with Crippen LogP contribution in [-0.4, -0.2) is 81.8 Å². The van der Waals surface area contributed by atoms with Crippen molar-refractivity contribution in [1.82, 2.24) is 9.80 Å². The van der Waals surface area contributed by atoms with Crippen LogP contribution in [0.3, 0.4) is 0 Å². The zero-order chi connectivity index (χ0) is 19.6. The summed E-state index contributed by atoms with van der Waals surface area (Å²) in [5.74, 6) is 0. The molecule has 3 rings (SSSR count). The van der Waals surface area contributed by atoms with Gasteiger partial charge in [0.1, 0.15) is 10.6 Å². The lowest BCUT2D eigenvalue weighted by atomic mass is 10.1. The molecule has 1 unspecified atom stereocenters. The van der Waals surface area contributed by atoms with E-state index in [9.17, 15) is 18.5 Å². The molecular formula is C18H28N4O4S. The maximum Gasteiger partial charge on any atom is 0.311 e. The van der Waals surface area contributed by atoms with Crippen molar-refractivity contribution >= 4 is 21.2 Å². The number of likely N-dealkylation sites (N-methyl/N-ethyl adjacent to an activating group) is 1. The van der Waals surface area contributed by atoms with E-state index in [-0.39, 0.29) is 10.6 Å². The van der Waals surface area contributed by atoms with Gasteiger partial charge in [0, 0.05) is 51.6 Å². The number of nitro groups is 1. The predicted molar refractivity (Wildman–Crippen MR) is 105 cm³/mol. The van der Waals surface area contributed by atoms with Crippen LogP contribution in [0.15, 0.2) is 23.1 Å². The summed E-state index contributed by atoms with van der Waals surface area (Å²) >= 11 is 0. The van der Waals surface area contributed by atoms with Crippen molar-refractivity contribution in [1.29, 1.82) is 0 Å². The Morgan fingerprint density at radius 1 is 1.11 bits per heavy atom. The van der Waals surface area contributed by atoms with Crippen LogP contribution in [0.2, 0.25) is 0 Å². The van der Waals surface area contributed by atoms with Crippen LogP contribution in [0.25, 0.3) is 0 Å². The van der Waals surface area contributed by atoms with E-state index in [4.69, 9.17) is 0 Å². The number of benzene rings is 1. The van der Waals surface area contributed by atoms with Crippen molar-refractivity contribution in [3.63, 3.8) is 0 Å². The fourth-order valence-electron chi connectivity index (χ4n) is 4.07. The predicted octanol–water partition coefficient (Wildman–Crippen LogP) is 1.60. The van der Waals surface area contributed by atoms with Crippen LogP contribution in [0.4, 0.5) is 11.4 Å². The second-order valence-corrected chi connectivity index (χ2v) is 9.57. The van der Waals surface area contributed by atoms with Gasteiger partial charge in [0.15, 0.2) is 9.84 Å². The van der Waals surface area contributed by atoms with Crippen LogP contribution in [-0.2, 0) is 9.84 Å². The number of sulfone groups is 1. The Balaban J connectivity index is 1.91. The normalized spacial score (nSPS) is 23.2. The van der Waals surface area contributed by atoms with E-state index in [2.05, 4.69) is 16.8 Å². The fourth-order valence-corrected chi connectivity index (χ4v) is 4.93. The van der Waals surface area contributed by atoms with Crippen LogP contribution < -0.4 is 4.90 Å². The lowest BCUT2D eigenvalue weighted by Gasteiger charge is -2.39. The topological polar surface area (TPSA) is 87.0 Å². The first-order valence-electron chi connectivity index (χ1n) is 9.42. The number of rotatable bonds is 4. The van der Waals surface area contributed by atoms with Gasteiger partial charge in [0.25, 0.3) is 0 Å². The Bertz CT molecular complexity index is 791. The van der Waals surface area contributed by atoms with Gasteiger partial charge in [0.05, 0.1) is 4.92 Å². The Morgan fingerprint density at radius 3 is 2.44 bits per heavy atom. The number of nitro benzene ring substituents is 1. The molecular weight excluding hydrogens is 368 g/mol. The molecule has 27 heavy (non-hydrogen) atoms. The molecule has 0 N–H and O–H groups in total. The molecule has 8 nitrogen and oxygen atoms in total. The van der Waals surface area contributed by atoms with E-state index in [1.807, 2.05) is 4.90 Å². The van der Waals surface area contributed by atoms with Crippen molar-refractivity contribution in [2.24, 2.45) is 0 Å². The molecule has 2 heterocycles. The molecule has 9 heteroatoms. The zero-order valence-electron chi connectivity index (χ0n) is 16.0. The Labute approximate surface area is 160 Å². The number of anilines is 1. The average molecular weight is 397 g/mol. The molecule has 150 valence electrons. The van der Waals surface area contributed by atoms with Crippen molar-refractivity contribution in [3.8, 4) is 0 Å². The minimum Gasteiger partial charge on any atom is -0.364 e. The first kappa shape index (κ1) is 20.0. The molecule has 1 aromatic rings. The van der Waals surface area contributed by atoms with E-state index < -0.39 is 14.8 Å². The average Bonchev–Trinajstić information content (AvgIpc) is 2.87. The maximum absolute atomic E-state index is 12.1. The Morgan fingerprint density at radius 2 is 1.81 bits per heavy atom. The van der Waals surface area contributed by atoms with Crippen LogP contribution >= 0.6 is 0 Å². The molecule has 0 bridgehead atoms. The summed E-state index contributed by atoms with van der Waals surface area (Å²) in [4.78, 5) is 17.8. The smallest absolute Gasteiger partial charge is 0.311 e. The van der Waals surface area contributed by atoms with Crippen LogP contribution in [0, 0.1) is 10.1 Å². The maximum atomic E-state index is 12.1. The molecule has 1 aromatic carbocycles. The molecule has 0 saturated carbocycles. The lowest BCUT2D eigenvalue weighted by molar-refractivity contribution is -0.387. The van der Waals surface area contributed by atoms with Gasteiger partial charge in [-0.1, -0.05) is 12.5 Å². The van der Waals surface area contributed by atoms with Gasteiger partial charge in [-0.15, -0.1) is 0 Å². The minimum absolute atomic E-state index is 0.203. The SMILES string of the molecule is CN1CCN(C2CCCCN(c3cccc(S(C)(=O)=O)c3[N+](=O)[O-])C2)CC1. The van der Waals surface area contributed by atoms with Crippen molar-refractivity contribution < 1.29 is 13.3 Å². The molecule has 0 aromatic heterocycles. The van der Waals surface area contributed by atoms with E-state index in [1.165, 1.54) is 6.07 Å². The van der Waals surface area contributed by atoms with Crippen LogP contribution in [0.1, 0.15) is 19.3 Å². The first-order chi connectivity index (χ1) is 12.8. The Kier molecular flexibility index (Phi) is 6.02. The second kappa shape index (κ2) is 8.12. The molecule has 0 aliphatic carbocycles. The van der Waals surface area contributed by atoms with Gasteiger partial charge < -0.3 is 9.80 Å². The third-order valence-electron chi connectivity index (χ3n) is 5.60. The van der Waals surface area contributed by atoms with E-state index in [1.54, 1.807) is 12.1 Å². The summed E-state index contributed by atoms with van der Waals surface area (Å²) in [5, 5.41) is 11.7. The van der Waals surface area contributed by atoms with Crippen LogP contribution in [0.5, 0.6) is 0 Å². The monoisotopic (exact) mass is 396 g/mol. The molecule has 0 spiro atoms. The van der Waals surface area contributed by atoms with Gasteiger partial charge in [-0.3, -0.25) is 15.0 Å². The van der Waals surface area contributed by atoms with Crippen molar-refractivity contribution in [3.05, 3.63) is 28.3 Å². The van der Waals surface area contributed by atoms with Crippen molar-refractivity contribution in [2.75, 3.05) is 57.5 Å². The number of piperazine rings is 1. The van der Waals surface area contributed by atoms with Gasteiger partial charge in [0.2, 0.25) is 0 Å². The number of nitrogens with zero attached hydrogens (tertiary/aromatic N) is 4.